The number of ether oxygens (including phenoxy) is 3. The number of esters is 1. The number of carbonyl (C=O) groups is 1. The van der Waals surface area contributed by atoms with Gasteiger partial charge in [0, 0.05) is 6.07 Å². The van der Waals surface area contributed by atoms with Crippen molar-refractivity contribution in [3.8, 4) is 11.5 Å². The van der Waals surface area contributed by atoms with Crippen LogP contribution in [0.15, 0.2) is 63.8 Å². The van der Waals surface area contributed by atoms with Crippen molar-refractivity contribution in [3.63, 3.8) is 0 Å². The van der Waals surface area contributed by atoms with E-state index in [-0.39, 0.29) is 18.0 Å². The maximum atomic E-state index is 13.0. The first-order valence-electron chi connectivity index (χ1n) is 9.32. The van der Waals surface area contributed by atoms with Crippen molar-refractivity contribution in [1.29, 1.82) is 0 Å². The maximum absolute atomic E-state index is 13.0. The average molecular weight is 410 g/mol. The molecule has 1 aromatic heterocycles. The summed E-state index contributed by atoms with van der Waals surface area (Å²) in [6.45, 7) is 1.92. The van der Waals surface area contributed by atoms with Crippen molar-refractivity contribution in [2.75, 3.05) is 7.11 Å². The zero-order valence-corrected chi connectivity index (χ0v) is 16.4. The molecule has 0 amide bonds. The Kier molecular flexibility index (Phi) is 5.27. The normalized spacial score (nSPS) is 17.2. The first kappa shape index (κ1) is 19.7. The Balaban J connectivity index is 1.59. The van der Waals surface area contributed by atoms with Crippen LogP contribution in [-0.2, 0) is 16.1 Å². The summed E-state index contributed by atoms with van der Waals surface area (Å²) in [5.41, 5.74) is 1.26. The van der Waals surface area contributed by atoms with E-state index in [9.17, 15) is 14.0 Å². The van der Waals surface area contributed by atoms with Gasteiger partial charge in [-0.15, -0.1) is 0 Å². The van der Waals surface area contributed by atoms with Crippen LogP contribution in [0, 0.1) is 12.7 Å². The van der Waals surface area contributed by atoms with Gasteiger partial charge in [0.2, 0.25) is 6.10 Å². The minimum Gasteiger partial charge on any atom is -0.489 e. The van der Waals surface area contributed by atoms with Gasteiger partial charge in [0.1, 0.15) is 29.7 Å². The molecule has 2 aromatic carbocycles. The zero-order chi connectivity index (χ0) is 21.3. The molecule has 4 rings (SSSR count). The summed E-state index contributed by atoms with van der Waals surface area (Å²) in [5.74, 6) is -0.233. The largest absolute Gasteiger partial charge is 0.489 e. The van der Waals surface area contributed by atoms with Gasteiger partial charge < -0.3 is 18.6 Å². The summed E-state index contributed by atoms with van der Waals surface area (Å²) in [7, 11) is 1.27. The third kappa shape index (κ3) is 3.78. The van der Waals surface area contributed by atoms with Crippen molar-refractivity contribution < 1.29 is 27.8 Å². The van der Waals surface area contributed by atoms with E-state index >= 15 is 0 Å². The Morgan fingerprint density at radius 1 is 1.10 bits per heavy atom. The van der Waals surface area contributed by atoms with E-state index in [1.54, 1.807) is 49.4 Å². The van der Waals surface area contributed by atoms with Gasteiger partial charge in [-0.3, -0.25) is 0 Å². The molecule has 0 spiro atoms. The van der Waals surface area contributed by atoms with Crippen LogP contribution >= 0.6 is 0 Å². The lowest BCUT2D eigenvalue weighted by atomic mass is 9.89. The van der Waals surface area contributed by atoms with Crippen molar-refractivity contribution in [2.24, 2.45) is 0 Å². The number of benzene rings is 2. The molecule has 154 valence electrons. The fourth-order valence-electron chi connectivity index (χ4n) is 3.49. The topological polar surface area (TPSA) is 75.0 Å². The summed E-state index contributed by atoms with van der Waals surface area (Å²) < 4.78 is 34.5. The van der Waals surface area contributed by atoms with Crippen molar-refractivity contribution >= 4 is 5.97 Å². The third-order valence-electron chi connectivity index (χ3n) is 4.93. The van der Waals surface area contributed by atoms with Crippen LogP contribution in [0.4, 0.5) is 4.39 Å². The minimum atomic E-state index is -0.985. The lowest BCUT2D eigenvalue weighted by Crippen LogP contribution is -2.31. The molecule has 1 aliphatic rings. The number of methoxy groups -OCH3 is 1. The number of fused-ring (bicyclic) bond motifs is 1. The van der Waals surface area contributed by atoms with Crippen LogP contribution in [0.2, 0.25) is 0 Å². The van der Waals surface area contributed by atoms with Crippen LogP contribution in [0.25, 0.3) is 0 Å². The van der Waals surface area contributed by atoms with Crippen LogP contribution < -0.4 is 15.1 Å². The van der Waals surface area contributed by atoms with E-state index in [4.69, 9.17) is 18.6 Å². The monoisotopic (exact) mass is 410 g/mol. The molecule has 0 radical (unpaired) electrons. The number of halogens is 1. The second-order valence-corrected chi connectivity index (χ2v) is 6.95. The molecule has 0 fully saturated rings. The van der Waals surface area contributed by atoms with Crippen molar-refractivity contribution in [3.05, 3.63) is 93.3 Å². The van der Waals surface area contributed by atoms with Gasteiger partial charge in [-0.2, -0.15) is 0 Å². The van der Waals surface area contributed by atoms with Crippen LogP contribution in [0.1, 0.15) is 28.4 Å². The van der Waals surface area contributed by atoms with Crippen molar-refractivity contribution in [2.45, 2.75) is 25.6 Å². The van der Waals surface area contributed by atoms with E-state index < -0.39 is 23.6 Å². The number of aryl methyl sites for hydroxylation is 1. The lowest BCUT2D eigenvalue weighted by Gasteiger charge is -2.17. The second-order valence-electron chi connectivity index (χ2n) is 6.95. The van der Waals surface area contributed by atoms with E-state index in [0.29, 0.717) is 22.8 Å². The van der Waals surface area contributed by atoms with Crippen LogP contribution in [-0.4, -0.2) is 19.2 Å². The second kappa shape index (κ2) is 8.02. The molecule has 0 saturated carbocycles. The average Bonchev–Trinajstić information content (AvgIpc) is 3.13. The van der Waals surface area contributed by atoms with E-state index in [0.717, 1.165) is 5.56 Å². The predicted molar refractivity (Wildman–Crippen MR) is 105 cm³/mol. The van der Waals surface area contributed by atoms with E-state index in [1.165, 1.54) is 19.2 Å². The first-order chi connectivity index (χ1) is 14.5. The number of rotatable bonds is 5. The van der Waals surface area contributed by atoms with E-state index in [1.807, 2.05) is 0 Å². The molecule has 2 heterocycles. The molecule has 0 unspecified atom stereocenters. The molecule has 6 nitrogen and oxygen atoms in total. The van der Waals surface area contributed by atoms with Gasteiger partial charge in [-0.05, 0) is 42.3 Å². The lowest BCUT2D eigenvalue weighted by molar-refractivity contribution is -0.148. The molecule has 0 aliphatic carbocycles. The van der Waals surface area contributed by atoms with Gasteiger partial charge >= 0.3 is 11.6 Å². The van der Waals surface area contributed by atoms with Crippen LogP contribution in [0.3, 0.4) is 0 Å². The number of hydrogen-bond donors (Lipinski definition) is 0. The highest BCUT2D eigenvalue weighted by Gasteiger charge is 2.44. The number of carbonyl (C=O) groups excluding carboxylic acids is 1. The van der Waals surface area contributed by atoms with Gasteiger partial charge in [0.15, 0.2) is 0 Å². The Morgan fingerprint density at radius 2 is 1.80 bits per heavy atom. The molecule has 0 bridgehead atoms. The Bertz CT molecular complexity index is 1120. The highest BCUT2D eigenvalue weighted by molar-refractivity contribution is 5.79. The summed E-state index contributed by atoms with van der Waals surface area (Å²) in [4.78, 5) is 24.8. The predicted octanol–water partition coefficient (Wildman–Crippen LogP) is 3.73. The fourth-order valence-corrected chi connectivity index (χ4v) is 3.49. The summed E-state index contributed by atoms with van der Waals surface area (Å²) in [6, 6.07) is 14.6. The van der Waals surface area contributed by atoms with Gasteiger partial charge in [0.05, 0.1) is 18.6 Å². The number of hydrogen-bond acceptors (Lipinski definition) is 6. The van der Waals surface area contributed by atoms with Gasteiger partial charge in [0.25, 0.3) is 0 Å². The molecular formula is C23H19FO6. The minimum absolute atomic E-state index is 0.280. The van der Waals surface area contributed by atoms with Gasteiger partial charge in [-0.25, -0.2) is 14.0 Å². The molecule has 0 N–H and O–H groups in total. The Hall–Kier alpha value is -3.61. The summed E-state index contributed by atoms with van der Waals surface area (Å²) in [6.07, 6.45) is -0.985. The molecule has 1 aliphatic heterocycles. The standard InChI is InChI=1S/C23H19FO6/c1-13-11-18-20(22(25)29-13)19(21(30-18)23(26)27-2)15-5-9-17(10-6-15)28-12-14-3-7-16(24)8-4-14/h3-11,19,21H,12H2,1-2H3/t19-,21-/m0/s1. The Labute approximate surface area is 171 Å². The van der Waals surface area contributed by atoms with Crippen LogP contribution in [0.5, 0.6) is 11.5 Å². The highest BCUT2D eigenvalue weighted by atomic mass is 19.1. The SMILES string of the molecule is COC(=O)[C@H]1Oc2cc(C)oc(=O)c2[C@@H]1c1ccc(OCc2ccc(F)cc2)cc1. The molecule has 7 heteroatoms. The smallest absolute Gasteiger partial charge is 0.348 e. The highest BCUT2D eigenvalue weighted by Crippen LogP contribution is 2.41. The molecule has 2 atom stereocenters. The van der Waals surface area contributed by atoms with Crippen molar-refractivity contribution in [1.82, 2.24) is 0 Å². The maximum Gasteiger partial charge on any atom is 0.348 e. The summed E-state index contributed by atoms with van der Waals surface area (Å²) >= 11 is 0. The molecule has 3 aromatic rings. The first-order valence-corrected chi connectivity index (χ1v) is 9.32. The van der Waals surface area contributed by atoms with Gasteiger partial charge in [-0.1, -0.05) is 24.3 Å². The fraction of sp³-hybridized carbons (Fsp3) is 0.217. The molecule has 30 heavy (non-hydrogen) atoms. The third-order valence-corrected chi connectivity index (χ3v) is 4.93. The molecular weight excluding hydrogens is 391 g/mol. The Morgan fingerprint density at radius 3 is 2.47 bits per heavy atom. The summed E-state index contributed by atoms with van der Waals surface area (Å²) in [5, 5.41) is 0. The quantitative estimate of drug-likeness (QED) is 0.597. The molecule has 0 saturated heterocycles. The van der Waals surface area contributed by atoms with E-state index in [2.05, 4.69) is 0 Å². The zero-order valence-electron chi connectivity index (χ0n) is 16.4.